The van der Waals surface area contributed by atoms with Gasteiger partial charge in [-0.05, 0) is 47.2 Å². The Kier molecular flexibility index (Phi) is 6.78. The average Bonchev–Trinajstić information content (AvgIpc) is 2.61. The number of amides is 1. The predicted octanol–water partition coefficient (Wildman–Crippen LogP) is 3.25. The van der Waals surface area contributed by atoms with E-state index in [-0.39, 0.29) is 16.2 Å². The van der Waals surface area contributed by atoms with E-state index in [0.717, 1.165) is 5.56 Å². The standard InChI is InChI=1S/C21H28N2O3S/c1-5-23-27(25,26)19-12-6-16(7-13-19)14-15-22-20(24)17-8-10-18(11-9-17)21(2,3)4/h6-13,23H,5,14-15H2,1-4H3,(H,22,24). The molecule has 0 unspecified atom stereocenters. The molecule has 0 bridgehead atoms. The minimum absolute atomic E-state index is 0.0568. The van der Waals surface area contributed by atoms with Crippen molar-refractivity contribution in [1.29, 1.82) is 0 Å². The molecule has 5 nitrogen and oxygen atoms in total. The molecule has 27 heavy (non-hydrogen) atoms. The van der Waals surface area contributed by atoms with Crippen LogP contribution in [0.1, 0.15) is 49.2 Å². The van der Waals surface area contributed by atoms with Crippen LogP contribution in [-0.4, -0.2) is 27.4 Å². The lowest BCUT2D eigenvalue weighted by atomic mass is 9.87. The second-order valence-corrected chi connectivity index (χ2v) is 9.25. The van der Waals surface area contributed by atoms with Crippen molar-refractivity contribution in [3.63, 3.8) is 0 Å². The van der Waals surface area contributed by atoms with Crippen LogP contribution in [0, 0.1) is 0 Å². The number of rotatable bonds is 7. The van der Waals surface area contributed by atoms with E-state index in [1.165, 1.54) is 5.56 Å². The summed E-state index contributed by atoms with van der Waals surface area (Å²) in [7, 11) is -3.43. The fourth-order valence-electron chi connectivity index (χ4n) is 2.65. The van der Waals surface area contributed by atoms with Gasteiger partial charge in [0, 0.05) is 18.7 Å². The summed E-state index contributed by atoms with van der Waals surface area (Å²) >= 11 is 0. The summed E-state index contributed by atoms with van der Waals surface area (Å²) in [5.74, 6) is -0.109. The fraction of sp³-hybridized carbons (Fsp3) is 0.381. The Hall–Kier alpha value is -2.18. The van der Waals surface area contributed by atoms with Crippen LogP contribution >= 0.6 is 0 Å². The SMILES string of the molecule is CCNS(=O)(=O)c1ccc(CCNC(=O)c2ccc(C(C)(C)C)cc2)cc1. The molecule has 6 heteroatoms. The van der Waals surface area contributed by atoms with E-state index in [0.29, 0.717) is 25.1 Å². The van der Waals surface area contributed by atoms with E-state index in [1.54, 1.807) is 31.2 Å². The maximum absolute atomic E-state index is 12.3. The summed E-state index contributed by atoms with van der Waals surface area (Å²) in [5.41, 5.74) is 2.84. The van der Waals surface area contributed by atoms with Gasteiger partial charge in [-0.1, -0.05) is 52.0 Å². The molecule has 0 saturated carbocycles. The largest absolute Gasteiger partial charge is 0.352 e. The molecule has 0 fully saturated rings. The van der Waals surface area contributed by atoms with Crippen LogP contribution in [0.25, 0.3) is 0 Å². The molecule has 0 aliphatic rings. The summed E-state index contributed by atoms with van der Waals surface area (Å²) in [6.07, 6.45) is 0.632. The fourth-order valence-corrected chi connectivity index (χ4v) is 3.69. The van der Waals surface area contributed by atoms with Gasteiger partial charge < -0.3 is 5.32 Å². The van der Waals surface area contributed by atoms with Crippen LogP contribution in [-0.2, 0) is 21.9 Å². The number of benzene rings is 2. The molecule has 2 aromatic rings. The molecule has 146 valence electrons. The highest BCUT2D eigenvalue weighted by Crippen LogP contribution is 2.22. The molecule has 1 amide bonds. The molecule has 0 spiro atoms. The van der Waals surface area contributed by atoms with E-state index in [9.17, 15) is 13.2 Å². The van der Waals surface area contributed by atoms with E-state index in [2.05, 4.69) is 30.8 Å². The van der Waals surface area contributed by atoms with Crippen LogP contribution in [0.4, 0.5) is 0 Å². The van der Waals surface area contributed by atoms with Crippen LogP contribution < -0.4 is 10.0 Å². The summed E-state index contributed by atoms with van der Waals surface area (Å²) in [6.45, 7) is 8.99. The van der Waals surface area contributed by atoms with Crippen molar-refractivity contribution in [3.8, 4) is 0 Å². The molecule has 0 radical (unpaired) electrons. The van der Waals surface area contributed by atoms with Gasteiger partial charge in [0.25, 0.3) is 5.91 Å². The van der Waals surface area contributed by atoms with Gasteiger partial charge in [0.1, 0.15) is 0 Å². The van der Waals surface area contributed by atoms with Crippen molar-refractivity contribution in [3.05, 3.63) is 65.2 Å². The average molecular weight is 389 g/mol. The number of hydrogen-bond donors (Lipinski definition) is 2. The Bertz CT molecular complexity index is 865. The maximum atomic E-state index is 12.3. The number of carbonyl (C=O) groups is 1. The normalized spacial score (nSPS) is 12.0. The van der Waals surface area contributed by atoms with Gasteiger partial charge in [-0.15, -0.1) is 0 Å². The van der Waals surface area contributed by atoms with Crippen LogP contribution in [0.2, 0.25) is 0 Å². The quantitative estimate of drug-likeness (QED) is 0.764. The Balaban J connectivity index is 1.89. The summed E-state index contributed by atoms with van der Waals surface area (Å²) < 4.78 is 26.3. The second-order valence-electron chi connectivity index (χ2n) is 7.48. The first-order valence-corrected chi connectivity index (χ1v) is 10.6. The molecule has 2 aromatic carbocycles. The minimum Gasteiger partial charge on any atom is -0.352 e. The van der Waals surface area contributed by atoms with Crippen LogP contribution in [0.5, 0.6) is 0 Å². The number of carbonyl (C=O) groups excluding carboxylic acids is 1. The van der Waals surface area contributed by atoms with E-state index in [1.807, 2.05) is 24.3 Å². The highest BCUT2D eigenvalue weighted by Gasteiger charge is 2.14. The summed E-state index contributed by atoms with van der Waals surface area (Å²) in [4.78, 5) is 12.5. The molecule has 0 atom stereocenters. The van der Waals surface area contributed by atoms with Crippen molar-refractivity contribution in [1.82, 2.24) is 10.0 Å². The first-order valence-electron chi connectivity index (χ1n) is 9.11. The van der Waals surface area contributed by atoms with Crippen molar-refractivity contribution in [2.24, 2.45) is 0 Å². The highest BCUT2D eigenvalue weighted by atomic mass is 32.2. The minimum atomic E-state index is -3.43. The lowest BCUT2D eigenvalue weighted by molar-refractivity contribution is 0.0954. The lowest BCUT2D eigenvalue weighted by Gasteiger charge is -2.19. The van der Waals surface area contributed by atoms with Crippen LogP contribution in [0.15, 0.2) is 53.4 Å². The van der Waals surface area contributed by atoms with Crippen molar-refractivity contribution < 1.29 is 13.2 Å². The zero-order chi connectivity index (χ0) is 20.1. The summed E-state index contributed by atoms with van der Waals surface area (Å²) in [5, 5.41) is 2.90. The van der Waals surface area contributed by atoms with Gasteiger partial charge in [0.05, 0.1) is 4.90 Å². The molecule has 2 N–H and O–H groups in total. The number of hydrogen-bond acceptors (Lipinski definition) is 3. The third-order valence-electron chi connectivity index (χ3n) is 4.28. The molecular formula is C21H28N2O3S. The van der Waals surface area contributed by atoms with Crippen molar-refractivity contribution in [2.75, 3.05) is 13.1 Å². The predicted molar refractivity (Wildman–Crippen MR) is 108 cm³/mol. The molecular weight excluding hydrogens is 360 g/mol. The second kappa shape index (κ2) is 8.67. The van der Waals surface area contributed by atoms with Gasteiger partial charge in [-0.3, -0.25) is 4.79 Å². The molecule has 2 rings (SSSR count). The van der Waals surface area contributed by atoms with Crippen LogP contribution in [0.3, 0.4) is 0 Å². The van der Waals surface area contributed by atoms with E-state index < -0.39 is 10.0 Å². The zero-order valence-corrected chi connectivity index (χ0v) is 17.2. The van der Waals surface area contributed by atoms with E-state index in [4.69, 9.17) is 0 Å². The first kappa shape index (κ1) is 21.1. The number of nitrogens with one attached hydrogen (secondary N) is 2. The molecule has 0 heterocycles. The Labute approximate surface area is 162 Å². The summed E-state index contributed by atoms with van der Waals surface area (Å²) in [6, 6.07) is 14.4. The van der Waals surface area contributed by atoms with Crippen molar-refractivity contribution in [2.45, 2.75) is 44.4 Å². The van der Waals surface area contributed by atoms with Gasteiger partial charge in [-0.25, -0.2) is 13.1 Å². The third-order valence-corrected chi connectivity index (χ3v) is 5.84. The Morgan fingerprint density at radius 2 is 1.56 bits per heavy atom. The zero-order valence-electron chi connectivity index (χ0n) is 16.4. The lowest BCUT2D eigenvalue weighted by Crippen LogP contribution is -2.26. The topological polar surface area (TPSA) is 75.3 Å². The van der Waals surface area contributed by atoms with E-state index >= 15 is 0 Å². The molecule has 0 aliphatic heterocycles. The maximum Gasteiger partial charge on any atom is 0.251 e. The van der Waals surface area contributed by atoms with Gasteiger partial charge in [-0.2, -0.15) is 0 Å². The van der Waals surface area contributed by atoms with Gasteiger partial charge >= 0.3 is 0 Å². The Morgan fingerprint density at radius 1 is 0.963 bits per heavy atom. The highest BCUT2D eigenvalue weighted by molar-refractivity contribution is 7.89. The first-order chi connectivity index (χ1) is 12.6. The third kappa shape index (κ3) is 5.91. The molecule has 0 saturated heterocycles. The van der Waals surface area contributed by atoms with Gasteiger partial charge in [0.15, 0.2) is 0 Å². The van der Waals surface area contributed by atoms with Gasteiger partial charge in [0.2, 0.25) is 10.0 Å². The monoisotopic (exact) mass is 388 g/mol. The Morgan fingerprint density at radius 3 is 2.07 bits per heavy atom. The number of sulfonamides is 1. The molecule has 0 aliphatic carbocycles. The smallest absolute Gasteiger partial charge is 0.251 e. The molecule has 0 aromatic heterocycles. The van der Waals surface area contributed by atoms with Crippen molar-refractivity contribution >= 4 is 15.9 Å².